The Morgan fingerprint density at radius 1 is 1.15 bits per heavy atom. The Morgan fingerprint density at radius 2 is 1.92 bits per heavy atom. The molecule has 1 heteroatoms. The molecule has 2 N–H and O–H groups in total. The van der Waals surface area contributed by atoms with Crippen molar-refractivity contribution in [2.24, 2.45) is 11.7 Å². The summed E-state index contributed by atoms with van der Waals surface area (Å²) >= 11 is 0. The molecule has 0 spiro atoms. The van der Waals surface area contributed by atoms with Crippen LogP contribution >= 0.6 is 0 Å². The van der Waals surface area contributed by atoms with E-state index in [1.807, 2.05) is 0 Å². The quantitative estimate of drug-likeness (QED) is 0.733. The van der Waals surface area contributed by atoms with Crippen molar-refractivity contribution in [3.8, 4) is 0 Å². The van der Waals surface area contributed by atoms with E-state index >= 15 is 0 Å². The van der Waals surface area contributed by atoms with E-state index in [9.17, 15) is 0 Å². The molecule has 0 heterocycles. The summed E-state index contributed by atoms with van der Waals surface area (Å²) in [6.07, 6.45) is 4.97. The molecule has 0 saturated heterocycles. The van der Waals surface area contributed by atoms with E-state index in [1.54, 1.807) is 0 Å². The van der Waals surface area contributed by atoms with Gasteiger partial charge in [-0.2, -0.15) is 0 Å². The van der Waals surface area contributed by atoms with E-state index in [0.29, 0.717) is 6.04 Å². The van der Waals surface area contributed by atoms with Gasteiger partial charge in [0.05, 0.1) is 0 Å². The summed E-state index contributed by atoms with van der Waals surface area (Å²) in [7, 11) is 0. The maximum atomic E-state index is 5.88. The van der Waals surface area contributed by atoms with Gasteiger partial charge in [-0.15, -0.1) is 0 Å². The second-order valence-corrected chi connectivity index (χ2v) is 4.13. The van der Waals surface area contributed by atoms with Crippen LogP contribution in [0.2, 0.25) is 0 Å². The first-order valence-corrected chi connectivity index (χ1v) is 5.14. The SMILES string of the molecule is N[C@H]1CC[C@@H](Cc2ccccc2)C1. The predicted octanol–water partition coefficient (Wildman–Crippen LogP) is 2.36. The van der Waals surface area contributed by atoms with E-state index in [-0.39, 0.29) is 0 Å². The second kappa shape index (κ2) is 3.93. The molecule has 1 aromatic carbocycles. The Morgan fingerprint density at radius 3 is 2.54 bits per heavy atom. The molecule has 0 bridgehead atoms. The summed E-state index contributed by atoms with van der Waals surface area (Å²) in [5, 5.41) is 0. The van der Waals surface area contributed by atoms with Crippen LogP contribution in [-0.4, -0.2) is 6.04 Å². The van der Waals surface area contributed by atoms with Crippen molar-refractivity contribution in [2.45, 2.75) is 31.7 Å². The zero-order chi connectivity index (χ0) is 9.10. The van der Waals surface area contributed by atoms with Gasteiger partial charge in [0, 0.05) is 6.04 Å². The van der Waals surface area contributed by atoms with Crippen molar-refractivity contribution in [3.63, 3.8) is 0 Å². The topological polar surface area (TPSA) is 26.0 Å². The van der Waals surface area contributed by atoms with Gasteiger partial charge in [-0.3, -0.25) is 0 Å². The monoisotopic (exact) mass is 175 g/mol. The number of hydrogen-bond donors (Lipinski definition) is 1. The zero-order valence-electron chi connectivity index (χ0n) is 7.95. The summed E-state index contributed by atoms with van der Waals surface area (Å²) in [5.74, 6) is 0.831. The van der Waals surface area contributed by atoms with Crippen LogP contribution in [0.4, 0.5) is 0 Å². The van der Waals surface area contributed by atoms with E-state index in [4.69, 9.17) is 5.73 Å². The zero-order valence-corrected chi connectivity index (χ0v) is 7.95. The fraction of sp³-hybridized carbons (Fsp3) is 0.500. The fourth-order valence-electron chi connectivity index (χ4n) is 2.25. The van der Waals surface area contributed by atoms with Crippen LogP contribution in [-0.2, 0) is 6.42 Å². The third kappa shape index (κ3) is 2.31. The van der Waals surface area contributed by atoms with Crippen LogP contribution in [0.15, 0.2) is 30.3 Å². The molecule has 2 rings (SSSR count). The molecule has 1 nitrogen and oxygen atoms in total. The average Bonchev–Trinajstić information content (AvgIpc) is 2.53. The van der Waals surface area contributed by atoms with Crippen molar-refractivity contribution in [1.82, 2.24) is 0 Å². The first-order valence-electron chi connectivity index (χ1n) is 5.14. The Labute approximate surface area is 80.0 Å². The first-order chi connectivity index (χ1) is 6.34. The fourth-order valence-corrected chi connectivity index (χ4v) is 2.25. The van der Waals surface area contributed by atoms with Crippen LogP contribution < -0.4 is 5.73 Å². The van der Waals surface area contributed by atoms with Crippen LogP contribution in [0.5, 0.6) is 0 Å². The highest BCUT2D eigenvalue weighted by Gasteiger charge is 2.21. The van der Waals surface area contributed by atoms with Crippen LogP contribution in [0.3, 0.4) is 0 Å². The molecule has 0 radical (unpaired) electrons. The van der Waals surface area contributed by atoms with E-state index in [0.717, 1.165) is 5.92 Å². The molecule has 1 aliphatic carbocycles. The highest BCUT2D eigenvalue weighted by molar-refractivity contribution is 5.15. The summed E-state index contributed by atoms with van der Waals surface area (Å²) in [4.78, 5) is 0. The molecule has 1 saturated carbocycles. The van der Waals surface area contributed by atoms with E-state index < -0.39 is 0 Å². The van der Waals surface area contributed by atoms with Crippen LogP contribution in [0, 0.1) is 5.92 Å². The molecule has 0 aliphatic heterocycles. The standard InChI is InChI=1S/C12H17N/c13-12-7-6-11(9-12)8-10-4-2-1-3-5-10/h1-5,11-12H,6-9,13H2/t11-,12-/m0/s1. The van der Waals surface area contributed by atoms with Gasteiger partial charge < -0.3 is 5.73 Å². The maximum absolute atomic E-state index is 5.88. The lowest BCUT2D eigenvalue weighted by molar-refractivity contribution is 0.535. The molecule has 70 valence electrons. The Bertz CT molecular complexity index is 255. The minimum Gasteiger partial charge on any atom is -0.328 e. The maximum Gasteiger partial charge on any atom is 0.00416 e. The van der Waals surface area contributed by atoms with Crippen molar-refractivity contribution < 1.29 is 0 Å². The lowest BCUT2D eigenvalue weighted by Crippen LogP contribution is -2.15. The molecule has 1 fully saturated rings. The molecular weight excluding hydrogens is 158 g/mol. The van der Waals surface area contributed by atoms with Gasteiger partial charge in [0.15, 0.2) is 0 Å². The first kappa shape index (κ1) is 8.76. The van der Waals surface area contributed by atoms with E-state index in [1.165, 1.54) is 31.2 Å². The number of rotatable bonds is 2. The van der Waals surface area contributed by atoms with Gasteiger partial charge >= 0.3 is 0 Å². The third-order valence-electron chi connectivity index (χ3n) is 2.95. The molecule has 0 amide bonds. The van der Waals surface area contributed by atoms with Crippen molar-refractivity contribution in [3.05, 3.63) is 35.9 Å². The normalized spacial score (nSPS) is 27.8. The summed E-state index contributed by atoms with van der Waals surface area (Å²) in [5.41, 5.74) is 7.34. The molecule has 0 aromatic heterocycles. The van der Waals surface area contributed by atoms with E-state index in [2.05, 4.69) is 30.3 Å². The van der Waals surface area contributed by atoms with Crippen LogP contribution in [0.1, 0.15) is 24.8 Å². The van der Waals surface area contributed by atoms with Crippen molar-refractivity contribution >= 4 is 0 Å². The number of nitrogens with two attached hydrogens (primary N) is 1. The van der Waals surface area contributed by atoms with Crippen LogP contribution in [0.25, 0.3) is 0 Å². The van der Waals surface area contributed by atoms with Gasteiger partial charge in [0.2, 0.25) is 0 Å². The second-order valence-electron chi connectivity index (χ2n) is 4.13. The van der Waals surface area contributed by atoms with Gasteiger partial charge in [-0.05, 0) is 37.2 Å². The molecule has 13 heavy (non-hydrogen) atoms. The lowest BCUT2D eigenvalue weighted by atomic mass is 9.98. The molecule has 1 aromatic rings. The van der Waals surface area contributed by atoms with Gasteiger partial charge in [0.1, 0.15) is 0 Å². The minimum atomic E-state index is 0.466. The largest absolute Gasteiger partial charge is 0.328 e. The predicted molar refractivity (Wildman–Crippen MR) is 55.5 cm³/mol. The number of hydrogen-bond acceptors (Lipinski definition) is 1. The smallest absolute Gasteiger partial charge is 0.00416 e. The van der Waals surface area contributed by atoms with Gasteiger partial charge in [-0.25, -0.2) is 0 Å². The highest BCUT2D eigenvalue weighted by atomic mass is 14.6. The Balaban J connectivity index is 1.92. The summed E-state index contributed by atoms with van der Waals surface area (Å²) in [6.45, 7) is 0. The summed E-state index contributed by atoms with van der Waals surface area (Å²) < 4.78 is 0. The third-order valence-corrected chi connectivity index (χ3v) is 2.95. The highest BCUT2D eigenvalue weighted by Crippen LogP contribution is 2.27. The number of benzene rings is 1. The lowest BCUT2D eigenvalue weighted by Gasteiger charge is -2.08. The molecule has 2 atom stereocenters. The Kier molecular flexibility index (Phi) is 2.65. The molecular formula is C12H17N. The van der Waals surface area contributed by atoms with Gasteiger partial charge in [-0.1, -0.05) is 30.3 Å². The Hall–Kier alpha value is -0.820. The van der Waals surface area contributed by atoms with Crippen molar-refractivity contribution in [2.75, 3.05) is 0 Å². The molecule has 1 aliphatic rings. The van der Waals surface area contributed by atoms with Crippen molar-refractivity contribution in [1.29, 1.82) is 0 Å². The van der Waals surface area contributed by atoms with Gasteiger partial charge in [0.25, 0.3) is 0 Å². The summed E-state index contributed by atoms with van der Waals surface area (Å²) in [6, 6.07) is 11.2. The average molecular weight is 175 g/mol. The minimum absolute atomic E-state index is 0.466. The molecule has 0 unspecified atom stereocenters.